The van der Waals surface area contributed by atoms with Crippen molar-refractivity contribution in [3.63, 3.8) is 0 Å². The van der Waals surface area contributed by atoms with Gasteiger partial charge in [0.25, 0.3) is 0 Å². The van der Waals surface area contributed by atoms with Gasteiger partial charge in [-0.25, -0.2) is 0 Å². The number of hydrogen-bond acceptors (Lipinski definition) is 2. The molecule has 0 aliphatic carbocycles. The van der Waals surface area contributed by atoms with Gasteiger partial charge in [-0.3, -0.25) is 4.79 Å². The quantitative estimate of drug-likeness (QED) is 0.730. The first-order valence-corrected chi connectivity index (χ1v) is 5.26. The molecular formula is C11H21NO2. The molecule has 0 aromatic carbocycles. The predicted octanol–water partition coefficient (Wildman–Crippen LogP) is 1.41. The number of likely N-dealkylation sites (tertiary alicyclic amines) is 1. The summed E-state index contributed by atoms with van der Waals surface area (Å²) in [5, 5.41) is 9.74. The van der Waals surface area contributed by atoms with Gasteiger partial charge in [0.05, 0.1) is 18.7 Å². The lowest BCUT2D eigenvalue weighted by atomic mass is 9.87. The van der Waals surface area contributed by atoms with Crippen LogP contribution in [-0.4, -0.2) is 34.6 Å². The number of carbonyl (C=O) groups excluding carboxylic acids is 1. The smallest absolute Gasteiger partial charge is 0.223 e. The van der Waals surface area contributed by atoms with Gasteiger partial charge in [-0.2, -0.15) is 0 Å². The van der Waals surface area contributed by atoms with Crippen molar-refractivity contribution in [1.82, 2.24) is 4.90 Å². The molecule has 1 aliphatic rings. The lowest BCUT2D eigenvalue weighted by Crippen LogP contribution is -2.63. The zero-order valence-corrected chi connectivity index (χ0v) is 9.63. The maximum atomic E-state index is 11.7. The van der Waals surface area contributed by atoms with Gasteiger partial charge in [-0.1, -0.05) is 27.7 Å². The minimum absolute atomic E-state index is 0.0387. The molecule has 3 heteroatoms. The largest absolute Gasteiger partial charge is 0.386 e. The summed E-state index contributed by atoms with van der Waals surface area (Å²) in [4.78, 5) is 13.4. The molecule has 0 aromatic heterocycles. The molecule has 0 saturated carbocycles. The van der Waals surface area contributed by atoms with Crippen LogP contribution in [0.2, 0.25) is 0 Å². The fraction of sp³-hybridized carbons (Fsp3) is 0.909. The van der Waals surface area contributed by atoms with Crippen LogP contribution < -0.4 is 0 Å². The van der Waals surface area contributed by atoms with Crippen LogP contribution in [-0.2, 0) is 4.79 Å². The second kappa shape index (κ2) is 3.54. The monoisotopic (exact) mass is 199 g/mol. The second-order valence-electron chi connectivity index (χ2n) is 5.57. The summed E-state index contributed by atoms with van der Waals surface area (Å²) in [6.07, 6.45) is 1.29. The van der Waals surface area contributed by atoms with Crippen LogP contribution in [0.4, 0.5) is 0 Å². The number of aliphatic hydroxyl groups is 1. The third kappa shape index (κ3) is 2.71. The van der Waals surface area contributed by atoms with Gasteiger partial charge in [0, 0.05) is 6.42 Å². The molecule has 1 saturated heterocycles. The van der Waals surface area contributed by atoms with Crippen molar-refractivity contribution in [3.05, 3.63) is 0 Å². The zero-order chi connectivity index (χ0) is 11.0. The Morgan fingerprint density at radius 1 is 1.43 bits per heavy atom. The average molecular weight is 199 g/mol. The molecule has 0 aromatic rings. The molecule has 1 fully saturated rings. The van der Waals surface area contributed by atoms with E-state index in [1.807, 2.05) is 6.92 Å². The molecule has 0 spiro atoms. The van der Waals surface area contributed by atoms with Crippen LogP contribution in [0.15, 0.2) is 0 Å². The minimum Gasteiger partial charge on any atom is -0.386 e. The summed E-state index contributed by atoms with van der Waals surface area (Å²) in [5.74, 6) is 0.163. The van der Waals surface area contributed by atoms with Crippen molar-refractivity contribution in [1.29, 1.82) is 0 Å². The van der Waals surface area contributed by atoms with Crippen LogP contribution in [0.5, 0.6) is 0 Å². The summed E-state index contributed by atoms with van der Waals surface area (Å²) in [5.41, 5.74) is -0.565. The Labute approximate surface area is 86.1 Å². The molecule has 1 aliphatic heterocycles. The van der Waals surface area contributed by atoms with Crippen LogP contribution in [0.25, 0.3) is 0 Å². The lowest BCUT2D eigenvalue weighted by molar-refractivity contribution is -0.157. The fourth-order valence-corrected chi connectivity index (χ4v) is 1.63. The van der Waals surface area contributed by atoms with Gasteiger partial charge < -0.3 is 10.0 Å². The van der Waals surface area contributed by atoms with Crippen LogP contribution in [0, 0.1) is 5.41 Å². The van der Waals surface area contributed by atoms with E-state index in [2.05, 4.69) is 20.8 Å². The van der Waals surface area contributed by atoms with E-state index in [1.54, 1.807) is 4.90 Å². The first-order valence-electron chi connectivity index (χ1n) is 5.26. The fourth-order valence-electron chi connectivity index (χ4n) is 1.63. The molecule has 1 rings (SSSR count). The summed E-state index contributed by atoms with van der Waals surface area (Å²) in [7, 11) is 0. The number of nitrogens with zero attached hydrogens (tertiary/aromatic N) is 1. The van der Waals surface area contributed by atoms with Gasteiger partial charge in [0.15, 0.2) is 0 Å². The van der Waals surface area contributed by atoms with E-state index < -0.39 is 5.60 Å². The van der Waals surface area contributed by atoms with Crippen molar-refractivity contribution in [2.45, 2.75) is 46.1 Å². The highest BCUT2D eigenvalue weighted by Gasteiger charge is 2.42. The molecular weight excluding hydrogens is 178 g/mol. The molecule has 1 N–H and O–H groups in total. The molecule has 3 nitrogen and oxygen atoms in total. The van der Waals surface area contributed by atoms with E-state index in [1.165, 1.54) is 0 Å². The maximum Gasteiger partial charge on any atom is 0.223 e. The Balaban J connectivity index is 2.37. The van der Waals surface area contributed by atoms with Gasteiger partial charge in [-0.15, -0.1) is 0 Å². The first kappa shape index (κ1) is 11.5. The van der Waals surface area contributed by atoms with Crippen molar-refractivity contribution >= 4 is 5.91 Å². The van der Waals surface area contributed by atoms with Gasteiger partial charge in [-0.05, 0) is 11.8 Å². The van der Waals surface area contributed by atoms with Crippen molar-refractivity contribution in [2.75, 3.05) is 13.1 Å². The van der Waals surface area contributed by atoms with E-state index in [0.717, 1.165) is 6.42 Å². The Morgan fingerprint density at radius 2 is 1.93 bits per heavy atom. The Bertz CT molecular complexity index is 224. The Morgan fingerprint density at radius 3 is 2.29 bits per heavy atom. The molecule has 0 radical (unpaired) electrons. The normalized spacial score (nSPS) is 20.5. The van der Waals surface area contributed by atoms with Gasteiger partial charge >= 0.3 is 0 Å². The predicted molar refractivity (Wildman–Crippen MR) is 55.9 cm³/mol. The Hall–Kier alpha value is -0.570. The van der Waals surface area contributed by atoms with E-state index in [9.17, 15) is 9.90 Å². The van der Waals surface area contributed by atoms with E-state index >= 15 is 0 Å². The molecule has 0 unspecified atom stereocenters. The maximum absolute atomic E-state index is 11.7. The number of amides is 1. The summed E-state index contributed by atoms with van der Waals surface area (Å²) >= 11 is 0. The van der Waals surface area contributed by atoms with E-state index in [4.69, 9.17) is 0 Å². The van der Waals surface area contributed by atoms with Gasteiger partial charge in [0.1, 0.15) is 0 Å². The highest BCUT2D eigenvalue weighted by Crippen LogP contribution is 2.27. The molecule has 14 heavy (non-hydrogen) atoms. The number of carbonyl (C=O) groups is 1. The molecule has 1 amide bonds. The second-order valence-corrected chi connectivity index (χ2v) is 5.57. The molecule has 1 heterocycles. The topological polar surface area (TPSA) is 40.5 Å². The number of hydrogen-bond donors (Lipinski definition) is 1. The molecule has 82 valence electrons. The van der Waals surface area contributed by atoms with Crippen LogP contribution >= 0.6 is 0 Å². The molecule has 0 atom stereocenters. The Kier molecular flexibility index (Phi) is 2.91. The highest BCUT2D eigenvalue weighted by atomic mass is 16.3. The van der Waals surface area contributed by atoms with Gasteiger partial charge in [0.2, 0.25) is 5.91 Å². The summed E-state index contributed by atoms with van der Waals surface area (Å²) in [6, 6.07) is 0. The third-order valence-electron chi connectivity index (χ3n) is 2.66. The van der Waals surface area contributed by atoms with Crippen molar-refractivity contribution in [2.24, 2.45) is 5.41 Å². The van der Waals surface area contributed by atoms with E-state index in [0.29, 0.717) is 19.5 Å². The van der Waals surface area contributed by atoms with Crippen LogP contribution in [0.1, 0.15) is 40.5 Å². The minimum atomic E-state index is -0.604. The summed E-state index contributed by atoms with van der Waals surface area (Å²) < 4.78 is 0. The first-order chi connectivity index (χ1) is 6.26. The summed E-state index contributed by atoms with van der Waals surface area (Å²) in [6.45, 7) is 9.13. The third-order valence-corrected chi connectivity index (χ3v) is 2.66. The SMILES string of the molecule is CCC1(O)CN(C(=O)CC(C)(C)C)C1. The highest BCUT2D eigenvalue weighted by molar-refractivity contribution is 5.78. The standard InChI is InChI=1S/C11H21NO2/c1-5-11(14)7-12(8-11)9(13)6-10(2,3)4/h14H,5-8H2,1-4H3. The average Bonchev–Trinajstić information content (AvgIpc) is 1.95. The van der Waals surface area contributed by atoms with E-state index in [-0.39, 0.29) is 11.3 Å². The van der Waals surface area contributed by atoms with Crippen LogP contribution in [0.3, 0.4) is 0 Å². The molecule has 0 bridgehead atoms. The number of rotatable bonds is 2. The zero-order valence-electron chi connectivity index (χ0n) is 9.63. The van der Waals surface area contributed by atoms with Crippen molar-refractivity contribution in [3.8, 4) is 0 Å². The lowest BCUT2D eigenvalue weighted by Gasteiger charge is -2.46. The number of β-amino-alcohol motifs (C(OH)–C–C–N with tert-alkyl or cyclic N) is 1. The van der Waals surface area contributed by atoms with Crippen molar-refractivity contribution < 1.29 is 9.90 Å².